The van der Waals surface area contributed by atoms with Crippen LogP contribution in [0.1, 0.15) is 6.92 Å². The molecule has 1 amide bonds. The monoisotopic (exact) mass is 401 g/mol. The first-order valence-electron chi connectivity index (χ1n) is 7.19. The van der Waals surface area contributed by atoms with Gasteiger partial charge in [-0.15, -0.1) is 0 Å². The molecule has 1 atom stereocenters. The van der Waals surface area contributed by atoms with Crippen molar-refractivity contribution in [2.24, 2.45) is 0 Å². The van der Waals surface area contributed by atoms with Crippen LogP contribution in [0.15, 0.2) is 42.5 Å². The summed E-state index contributed by atoms with van der Waals surface area (Å²) in [5, 5.41) is 3.81. The zero-order valence-electron chi connectivity index (χ0n) is 13.1. The Morgan fingerprint density at radius 3 is 2.36 bits per heavy atom. The molecule has 0 saturated heterocycles. The van der Waals surface area contributed by atoms with Gasteiger partial charge in [-0.05, 0) is 49.4 Å². The molecule has 0 heterocycles. The van der Waals surface area contributed by atoms with Crippen LogP contribution in [0, 0.1) is 0 Å². The lowest BCUT2D eigenvalue weighted by molar-refractivity contribution is -0.153. The molecule has 25 heavy (non-hydrogen) atoms. The largest absolute Gasteiger partial charge is 0.479 e. The predicted octanol–water partition coefficient (Wildman–Crippen LogP) is 4.60. The molecule has 0 fully saturated rings. The highest BCUT2D eigenvalue weighted by molar-refractivity contribution is 6.35. The third-order valence-electron chi connectivity index (χ3n) is 3.01. The van der Waals surface area contributed by atoms with Crippen molar-refractivity contribution in [1.29, 1.82) is 0 Å². The van der Waals surface area contributed by atoms with Crippen LogP contribution in [0.2, 0.25) is 15.1 Å². The van der Waals surface area contributed by atoms with E-state index in [9.17, 15) is 9.59 Å². The summed E-state index contributed by atoms with van der Waals surface area (Å²) in [4.78, 5) is 23.7. The van der Waals surface area contributed by atoms with Gasteiger partial charge in [0.1, 0.15) is 5.75 Å². The van der Waals surface area contributed by atoms with Crippen LogP contribution in [0.5, 0.6) is 5.75 Å². The third-order valence-corrected chi connectivity index (χ3v) is 3.82. The highest BCUT2D eigenvalue weighted by atomic mass is 35.5. The van der Waals surface area contributed by atoms with Crippen molar-refractivity contribution in [2.45, 2.75) is 13.0 Å². The number of halogens is 3. The number of amides is 1. The van der Waals surface area contributed by atoms with Crippen molar-refractivity contribution in [1.82, 2.24) is 0 Å². The van der Waals surface area contributed by atoms with Crippen molar-refractivity contribution in [3.8, 4) is 5.75 Å². The highest BCUT2D eigenvalue weighted by Crippen LogP contribution is 2.25. The van der Waals surface area contributed by atoms with Gasteiger partial charge >= 0.3 is 5.97 Å². The van der Waals surface area contributed by atoms with Gasteiger partial charge in [0.2, 0.25) is 0 Å². The maximum Gasteiger partial charge on any atom is 0.347 e. The van der Waals surface area contributed by atoms with Crippen LogP contribution >= 0.6 is 34.8 Å². The molecule has 0 saturated carbocycles. The maximum absolute atomic E-state index is 11.9. The van der Waals surface area contributed by atoms with Crippen LogP contribution in [-0.4, -0.2) is 24.6 Å². The predicted molar refractivity (Wildman–Crippen MR) is 97.6 cm³/mol. The van der Waals surface area contributed by atoms with Crippen molar-refractivity contribution in [3.05, 3.63) is 57.5 Å². The number of carbonyl (C=O) groups excluding carboxylic acids is 2. The number of benzene rings is 2. The molecule has 0 bridgehead atoms. The molecule has 132 valence electrons. The average molecular weight is 403 g/mol. The van der Waals surface area contributed by atoms with E-state index in [2.05, 4.69) is 5.32 Å². The van der Waals surface area contributed by atoms with Crippen molar-refractivity contribution in [3.63, 3.8) is 0 Å². The highest BCUT2D eigenvalue weighted by Gasteiger charge is 2.18. The first-order valence-corrected chi connectivity index (χ1v) is 8.32. The Kier molecular flexibility index (Phi) is 6.93. The third kappa shape index (κ3) is 6.12. The normalized spacial score (nSPS) is 11.5. The lowest BCUT2D eigenvalue weighted by atomic mass is 10.3. The quantitative estimate of drug-likeness (QED) is 0.717. The van der Waals surface area contributed by atoms with E-state index in [1.807, 2.05) is 0 Å². The van der Waals surface area contributed by atoms with Crippen molar-refractivity contribution in [2.75, 3.05) is 11.9 Å². The van der Waals surface area contributed by atoms with Crippen LogP contribution < -0.4 is 10.1 Å². The number of rotatable bonds is 6. The SMILES string of the molecule is C[C@@H](Oc1ccc(Cl)cc1)C(=O)OCC(=O)Nc1cc(Cl)ccc1Cl. The lowest BCUT2D eigenvalue weighted by Crippen LogP contribution is -2.29. The number of ether oxygens (including phenoxy) is 2. The van der Waals surface area contributed by atoms with Gasteiger partial charge in [0.15, 0.2) is 12.7 Å². The van der Waals surface area contributed by atoms with E-state index >= 15 is 0 Å². The minimum atomic E-state index is -0.885. The molecule has 0 aromatic heterocycles. The smallest absolute Gasteiger partial charge is 0.347 e. The fraction of sp³-hybridized carbons (Fsp3) is 0.176. The summed E-state index contributed by atoms with van der Waals surface area (Å²) < 4.78 is 10.3. The Morgan fingerprint density at radius 2 is 1.68 bits per heavy atom. The summed E-state index contributed by atoms with van der Waals surface area (Å²) in [6, 6.07) is 11.2. The number of hydrogen-bond donors (Lipinski definition) is 1. The summed E-state index contributed by atoms with van der Waals surface area (Å²) >= 11 is 17.6. The van der Waals surface area contributed by atoms with E-state index in [4.69, 9.17) is 44.3 Å². The van der Waals surface area contributed by atoms with Gasteiger partial charge in [-0.25, -0.2) is 4.79 Å². The number of esters is 1. The van der Waals surface area contributed by atoms with Crippen molar-refractivity contribution < 1.29 is 19.1 Å². The Bertz CT molecular complexity index is 765. The molecule has 0 aliphatic rings. The molecule has 0 unspecified atom stereocenters. The minimum absolute atomic E-state index is 0.323. The van der Waals surface area contributed by atoms with Gasteiger partial charge in [-0.3, -0.25) is 4.79 Å². The minimum Gasteiger partial charge on any atom is -0.479 e. The molecule has 2 rings (SSSR count). The molecule has 1 N–H and O–H groups in total. The fourth-order valence-corrected chi connectivity index (χ4v) is 2.26. The van der Waals surface area contributed by atoms with E-state index in [1.54, 1.807) is 36.4 Å². The van der Waals surface area contributed by atoms with E-state index < -0.39 is 24.6 Å². The second-order valence-electron chi connectivity index (χ2n) is 4.99. The fourth-order valence-electron chi connectivity index (χ4n) is 1.80. The van der Waals surface area contributed by atoms with Gasteiger partial charge in [-0.2, -0.15) is 0 Å². The molecular weight excluding hydrogens is 389 g/mol. The Hall–Kier alpha value is -1.95. The summed E-state index contributed by atoms with van der Waals surface area (Å²) in [6.07, 6.45) is -0.885. The Labute approximate surface area is 159 Å². The van der Waals surface area contributed by atoms with Crippen LogP contribution in [-0.2, 0) is 14.3 Å². The summed E-state index contributed by atoms with van der Waals surface area (Å²) in [7, 11) is 0. The standard InChI is InChI=1S/C17H14Cl3NO4/c1-10(25-13-5-2-11(18)3-6-13)17(23)24-9-16(22)21-15-8-12(19)4-7-14(15)20/h2-8,10H,9H2,1H3,(H,21,22)/t10-/m1/s1. The Balaban J connectivity index is 1.83. The van der Waals surface area contributed by atoms with E-state index in [1.165, 1.54) is 13.0 Å². The average Bonchev–Trinajstić information content (AvgIpc) is 2.58. The van der Waals surface area contributed by atoms with E-state index in [0.717, 1.165) is 0 Å². The second-order valence-corrected chi connectivity index (χ2v) is 6.27. The molecule has 0 spiro atoms. The number of nitrogens with one attached hydrogen (secondary N) is 1. The summed E-state index contributed by atoms with van der Waals surface area (Å²) in [6.45, 7) is 1.04. The number of anilines is 1. The van der Waals surface area contributed by atoms with Gasteiger partial charge < -0.3 is 14.8 Å². The molecule has 0 aliphatic heterocycles. The number of carbonyl (C=O) groups is 2. The van der Waals surface area contributed by atoms with Gasteiger partial charge in [-0.1, -0.05) is 34.8 Å². The lowest BCUT2D eigenvalue weighted by Gasteiger charge is -2.14. The first kappa shape index (κ1) is 19.4. The Morgan fingerprint density at radius 1 is 1.04 bits per heavy atom. The molecule has 2 aromatic rings. The van der Waals surface area contributed by atoms with Crippen LogP contribution in [0.25, 0.3) is 0 Å². The molecule has 5 nitrogen and oxygen atoms in total. The van der Waals surface area contributed by atoms with Crippen molar-refractivity contribution >= 4 is 52.4 Å². The topological polar surface area (TPSA) is 64.6 Å². The van der Waals surface area contributed by atoms with Crippen LogP contribution in [0.3, 0.4) is 0 Å². The van der Waals surface area contributed by atoms with Gasteiger partial charge in [0.25, 0.3) is 5.91 Å². The zero-order valence-corrected chi connectivity index (χ0v) is 15.4. The maximum atomic E-state index is 11.9. The number of hydrogen-bond acceptors (Lipinski definition) is 4. The van der Waals surface area contributed by atoms with Crippen LogP contribution in [0.4, 0.5) is 5.69 Å². The summed E-state index contributed by atoms with van der Waals surface area (Å²) in [5.74, 6) is -0.762. The summed E-state index contributed by atoms with van der Waals surface area (Å²) in [5.41, 5.74) is 0.334. The second kappa shape index (κ2) is 8.94. The van der Waals surface area contributed by atoms with Gasteiger partial charge in [0, 0.05) is 10.0 Å². The zero-order chi connectivity index (χ0) is 18.4. The molecule has 0 radical (unpaired) electrons. The molecule has 8 heteroatoms. The first-order chi connectivity index (χ1) is 11.8. The molecular formula is C17H14Cl3NO4. The van der Waals surface area contributed by atoms with E-state index in [0.29, 0.717) is 26.5 Å². The van der Waals surface area contributed by atoms with Gasteiger partial charge in [0.05, 0.1) is 10.7 Å². The molecule has 2 aromatic carbocycles. The molecule has 0 aliphatic carbocycles. The van der Waals surface area contributed by atoms with E-state index in [-0.39, 0.29) is 0 Å².